The lowest BCUT2D eigenvalue weighted by molar-refractivity contribution is -0.117. The van der Waals surface area contributed by atoms with Crippen molar-refractivity contribution in [3.63, 3.8) is 0 Å². The largest absolute Gasteiger partial charge is 0.369 e. The second-order valence-electron chi connectivity index (χ2n) is 3.34. The van der Waals surface area contributed by atoms with Gasteiger partial charge >= 0.3 is 0 Å². The molecule has 0 saturated carbocycles. The first-order valence-electron chi connectivity index (χ1n) is 4.43. The molecule has 0 unspecified atom stereocenters. The maximum Gasteiger partial charge on any atom is 0.221 e. The molecule has 1 rings (SSSR count). The maximum atomic E-state index is 10.9. The first-order chi connectivity index (χ1) is 6.58. The molecule has 0 radical (unpaired) electrons. The molecular formula is C11H13NO2. The van der Waals surface area contributed by atoms with Crippen molar-refractivity contribution < 1.29 is 9.59 Å². The summed E-state index contributed by atoms with van der Waals surface area (Å²) >= 11 is 0. The van der Waals surface area contributed by atoms with Gasteiger partial charge in [0.05, 0.1) is 6.42 Å². The number of hydrogen-bond donors (Lipinski definition) is 1. The Morgan fingerprint density at radius 1 is 1.21 bits per heavy atom. The fraction of sp³-hybridized carbons (Fsp3) is 0.273. The number of Topliss-reactive ketones (excluding diaryl/α,β-unsaturated/α-hetero) is 1. The van der Waals surface area contributed by atoms with Crippen molar-refractivity contribution in [1.82, 2.24) is 0 Å². The van der Waals surface area contributed by atoms with Crippen LogP contribution in [0.5, 0.6) is 0 Å². The summed E-state index contributed by atoms with van der Waals surface area (Å²) in [6, 6.07) is 7.36. The minimum atomic E-state index is -0.357. The van der Waals surface area contributed by atoms with E-state index in [4.69, 9.17) is 5.73 Å². The number of benzene rings is 1. The molecule has 3 heteroatoms. The molecule has 0 fully saturated rings. The van der Waals surface area contributed by atoms with Crippen LogP contribution in [0.15, 0.2) is 24.3 Å². The predicted octanol–water partition coefficient (Wildman–Crippen LogP) is 0.846. The molecule has 0 heterocycles. The Morgan fingerprint density at radius 3 is 2.29 bits per heavy atom. The topological polar surface area (TPSA) is 60.2 Å². The Balaban J connectivity index is 2.78. The van der Waals surface area contributed by atoms with Crippen LogP contribution in [-0.2, 0) is 22.4 Å². The summed E-state index contributed by atoms with van der Waals surface area (Å²) < 4.78 is 0. The Hall–Kier alpha value is -1.64. The van der Waals surface area contributed by atoms with Gasteiger partial charge in [0.2, 0.25) is 5.91 Å². The quantitative estimate of drug-likeness (QED) is 0.766. The van der Waals surface area contributed by atoms with Gasteiger partial charge in [-0.3, -0.25) is 9.59 Å². The van der Waals surface area contributed by atoms with E-state index in [1.165, 1.54) is 0 Å². The smallest absolute Gasteiger partial charge is 0.221 e. The van der Waals surface area contributed by atoms with Crippen LogP contribution < -0.4 is 5.73 Å². The Kier molecular flexibility index (Phi) is 3.40. The molecule has 0 spiro atoms. The number of carbonyl (C=O) groups is 2. The lowest BCUT2D eigenvalue weighted by Gasteiger charge is -2.01. The van der Waals surface area contributed by atoms with Gasteiger partial charge in [0.25, 0.3) is 0 Å². The van der Waals surface area contributed by atoms with Crippen LogP contribution in [-0.4, -0.2) is 11.7 Å². The van der Waals surface area contributed by atoms with E-state index in [1.807, 2.05) is 24.3 Å². The van der Waals surface area contributed by atoms with Gasteiger partial charge in [-0.1, -0.05) is 24.3 Å². The Bertz CT molecular complexity index is 327. The Morgan fingerprint density at radius 2 is 1.79 bits per heavy atom. The predicted molar refractivity (Wildman–Crippen MR) is 53.7 cm³/mol. The van der Waals surface area contributed by atoms with E-state index in [9.17, 15) is 9.59 Å². The van der Waals surface area contributed by atoms with Crippen molar-refractivity contribution in [2.45, 2.75) is 19.8 Å². The molecule has 0 aliphatic heterocycles. The molecule has 1 aromatic carbocycles. The number of amides is 1. The van der Waals surface area contributed by atoms with Gasteiger partial charge in [-0.05, 0) is 18.1 Å². The lowest BCUT2D eigenvalue weighted by Crippen LogP contribution is -2.13. The number of ketones is 1. The molecule has 0 atom stereocenters. The Labute approximate surface area is 82.9 Å². The molecule has 74 valence electrons. The summed E-state index contributed by atoms with van der Waals surface area (Å²) in [7, 11) is 0. The van der Waals surface area contributed by atoms with Crippen molar-refractivity contribution >= 4 is 11.7 Å². The highest BCUT2D eigenvalue weighted by Crippen LogP contribution is 2.06. The van der Waals surface area contributed by atoms with Crippen LogP contribution in [0, 0.1) is 0 Å². The van der Waals surface area contributed by atoms with Crippen molar-refractivity contribution in [2.24, 2.45) is 5.73 Å². The van der Waals surface area contributed by atoms with E-state index in [0.717, 1.165) is 11.1 Å². The highest BCUT2D eigenvalue weighted by Gasteiger charge is 2.01. The average molecular weight is 191 g/mol. The van der Waals surface area contributed by atoms with Crippen molar-refractivity contribution in [2.75, 3.05) is 0 Å². The van der Waals surface area contributed by atoms with E-state index < -0.39 is 0 Å². The van der Waals surface area contributed by atoms with Gasteiger partial charge in [-0.25, -0.2) is 0 Å². The summed E-state index contributed by atoms with van der Waals surface area (Å²) in [6.07, 6.45) is 0.637. The first-order valence-corrected chi connectivity index (χ1v) is 4.43. The summed E-state index contributed by atoms with van der Waals surface area (Å²) in [5.41, 5.74) is 6.85. The zero-order chi connectivity index (χ0) is 10.6. The normalized spacial score (nSPS) is 9.79. The maximum absolute atomic E-state index is 10.9. The number of primary amides is 1. The van der Waals surface area contributed by atoms with E-state index >= 15 is 0 Å². The summed E-state index contributed by atoms with van der Waals surface area (Å²) in [6.45, 7) is 1.54. The third-order valence-corrected chi connectivity index (χ3v) is 1.82. The van der Waals surface area contributed by atoms with Gasteiger partial charge in [-0.2, -0.15) is 0 Å². The minimum absolute atomic E-state index is 0.112. The average Bonchev–Trinajstić information content (AvgIpc) is 2.01. The molecular weight excluding hydrogens is 178 g/mol. The van der Waals surface area contributed by atoms with E-state index in [2.05, 4.69) is 0 Å². The van der Waals surface area contributed by atoms with Crippen molar-refractivity contribution in [1.29, 1.82) is 0 Å². The second-order valence-corrected chi connectivity index (χ2v) is 3.34. The molecule has 0 aromatic heterocycles. The zero-order valence-corrected chi connectivity index (χ0v) is 8.12. The SMILES string of the molecule is CC(=O)Cc1cccc(CC(N)=O)c1. The van der Waals surface area contributed by atoms with Crippen molar-refractivity contribution in [3.05, 3.63) is 35.4 Å². The fourth-order valence-electron chi connectivity index (χ4n) is 1.34. The zero-order valence-electron chi connectivity index (χ0n) is 8.12. The summed E-state index contributed by atoms with van der Waals surface area (Å²) in [5.74, 6) is -0.244. The third kappa shape index (κ3) is 3.39. The van der Waals surface area contributed by atoms with Gasteiger partial charge < -0.3 is 5.73 Å². The highest BCUT2D eigenvalue weighted by atomic mass is 16.1. The molecule has 1 aromatic rings. The second kappa shape index (κ2) is 4.56. The molecule has 3 nitrogen and oxygen atoms in total. The lowest BCUT2D eigenvalue weighted by atomic mass is 10.0. The van der Waals surface area contributed by atoms with Gasteiger partial charge in [0.1, 0.15) is 5.78 Å². The molecule has 0 bridgehead atoms. The number of rotatable bonds is 4. The molecule has 2 N–H and O–H groups in total. The van der Waals surface area contributed by atoms with Crippen LogP contribution in [0.25, 0.3) is 0 Å². The standard InChI is InChI=1S/C11H13NO2/c1-8(13)5-9-3-2-4-10(6-9)7-11(12)14/h2-4,6H,5,7H2,1H3,(H2,12,14). The van der Waals surface area contributed by atoms with Gasteiger partial charge in [-0.15, -0.1) is 0 Å². The van der Waals surface area contributed by atoms with Crippen LogP contribution >= 0.6 is 0 Å². The monoisotopic (exact) mass is 191 g/mol. The molecule has 0 saturated heterocycles. The van der Waals surface area contributed by atoms with Crippen LogP contribution in [0.4, 0.5) is 0 Å². The van der Waals surface area contributed by atoms with E-state index in [-0.39, 0.29) is 18.1 Å². The van der Waals surface area contributed by atoms with E-state index in [0.29, 0.717) is 6.42 Å². The number of hydrogen-bond acceptors (Lipinski definition) is 2. The summed E-state index contributed by atoms with van der Waals surface area (Å²) in [4.78, 5) is 21.5. The van der Waals surface area contributed by atoms with E-state index in [1.54, 1.807) is 6.92 Å². The summed E-state index contributed by atoms with van der Waals surface area (Å²) in [5, 5.41) is 0. The van der Waals surface area contributed by atoms with Crippen molar-refractivity contribution in [3.8, 4) is 0 Å². The molecule has 1 amide bonds. The third-order valence-electron chi connectivity index (χ3n) is 1.82. The van der Waals surface area contributed by atoms with Crippen LogP contribution in [0.1, 0.15) is 18.1 Å². The molecule has 0 aliphatic carbocycles. The van der Waals surface area contributed by atoms with Crippen LogP contribution in [0.2, 0.25) is 0 Å². The number of nitrogens with two attached hydrogens (primary N) is 1. The minimum Gasteiger partial charge on any atom is -0.369 e. The molecule has 0 aliphatic rings. The van der Waals surface area contributed by atoms with Gasteiger partial charge in [0, 0.05) is 6.42 Å². The fourth-order valence-corrected chi connectivity index (χ4v) is 1.34. The first kappa shape index (κ1) is 10.4. The van der Waals surface area contributed by atoms with Gasteiger partial charge in [0.15, 0.2) is 0 Å². The number of carbonyl (C=O) groups excluding carboxylic acids is 2. The highest BCUT2D eigenvalue weighted by molar-refractivity contribution is 5.79. The molecule has 14 heavy (non-hydrogen) atoms. The van der Waals surface area contributed by atoms with Crippen LogP contribution in [0.3, 0.4) is 0 Å².